The summed E-state index contributed by atoms with van der Waals surface area (Å²) in [6.45, 7) is 3.00. The molecule has 78 valence electrons. The molecule has 0 fully saturated rings. The van der Waals surface area contributed by atoms with Crippen molar-refractivity contribution in [3.8, 4) is 0 Å². The Hall–Kier alpha value is -1.36. The van der Waals surface area contributed by atoms with Crippen LogP contribution in [0.5, 0.6) is 0 Å². The lowest BCUT2D eigenvalue weighted by atomic mass is 10.2. The molecule has 0 unspecified atom stereocenters. The molecular weight excluding hydrogens is 184 g/mol. The van der Waals surface area contributed by atoms with Gasteiger partial charge in [0, 0.05) is 13.7 Å². The van der Waals surface area contributed by atoms with Crippen LogP contribution in [0.25, 0.3) is 0 Å². The lowest BCUT2D eigenvalue weighted by molar-refractivity contribution is -0.136. The fourth-order valence-electron chi connectivity index (χ4n) is 1.26. The molecule has 0 atom stereocenters. The summed E-state index contributed by atoms with van der Waals surface area (Å²) in [5.74, 6) is -0.840. The van der Waals surface area contributed by atoms with E-state index in [-0.39, 0.29) is 6.42 Å². The largest absolute Gasteiger partial charge is 0.481 e. The first-order valence-corrected chi connectivity index (χ1v) is 4.36. The number of carbonyl (C=O) groups is 1. The minimum absolute atomic E-state index is 0.00947. The van der Waals surface area contributed by atoms with Crippen LogP contribution >= 0.6 is 0 Å². The van der Waals surface area contributed by atoms with Crippen molar-refractivity contribution < 1.29 is 14.6 Å². The van der Waals surface area contributed by atoms with Gasteiger partial charge in [0.15, 0.2) is 0 Å². The van der Waals surface area contributed by atoms with Gasteiger partial charge in [0.1, 0.15) is 0 Å². The maximum absolute atomic E-state index is 10.6. The molecule has 0 radical (unpaired) electrons. The summed E-state index contributed by atoms with van der Waals surface area (Å²) in [4.78, 5) is 14.6. The van der Waals surface area contributed by atoms with Gasteiger partial charge in [0.25, 0.3) is 0 Å². The molecule has 5 nitrogen and oxygen atoms in total. The molecule has 0 saturated carbocycles. The van der Waals surface area contributed by atoms with Crippen LogP contribution in [0, 0.1) is 6.92 Å². The van der Waals surface area contributed by atoms with Crippen LogP contribution < -0.4 is 0 Å². The zero-order chi connectivity index (χ0) is 10.6. The van der Waals surface area contributed by atoms with Crippen LogP contribution in [-0.2, 0) is 22.5 Å². The van der Waals surface area contributed by atoms with Crippen molar-refractivity contribution in [3.63, 3.8) is 0 Å². The predicted molar refractivity (Wildman–Crippen MR) is 50.2 cm³/mol. The van der Waals surface area contributed by atoms with Gasteiger partial charge in [-0.25, -0.2) is 4.98 Å². The summed E-state index contributed by atoms with van der Waals surface area (Å²) in [5, 5.41) is 8.69. The van der Waals surface area contributed by atoms with Crippen molar-refractivity contribution in [2.45, 2.75) is 19.9 Å². The average Bonchev–Trinajstić information content (AvgIpc) is 2.45. The Morgan fingerprint density at radius 1 is 1.71 bits per heavy atom. The molecule has 0 saturated heterocycles. The van der Waals surface area contributed by atoms with Crippen molar-refractivity contribution in [1.29, 1.82) is 0 Å². The number of carboxylic acids is 1. The van der Waals surface area contributed by atoms with Crippen molar-refractivity contribution in [3.05, 3.63) is 17.7 Å². The third-order valence-corrected chi connectivity index (χ3v) is 2.01. The second-order valence-electron chi connectivity index (χ2n) is 3.03. The van der Waals surface area contributed by atoms with E-state index in [1.54, 1.807) is 13.4 Å². The first-order chi connectivity index (χ1) is 6.65. The van der Waals surface area contributed by atoms with E-state index in [0.717, 1.165) is 11.4 Å². The summed E-state index contributed by atoms with van der Waals surface area (Å²) in [7, 11) is 1.61. The number of hydrogen-bond acceptors (Lipinski definition) is 3. The van der Waals surface area contributed by atoms with Crippen LogP contribution in [0.3, 0.4) is 0 Å². The Morgan fingerprint density at radius 2 is 2.43 bits per heavy atom. The topological polar surface area (TPSA) is 64.4 Å². The fraction of sp³-hybridized carbons (Fsp3) is 0.556. The second-order valence-corrected chi connectivity index (χ2v) is 3.03. The third-order valence-electron chi connectivity index (χ3n) is 2.01. The van der Waals surface area contributed by atoms with Gasteiger partial charge in [-0.1, -0.05) is 0 Å². The maximum atomic E-state index is 10.6. The van der Waals surface area contributed by atoms with E-state index in [9.17, 15) is 4.79 Å². The quantitative estimate of drug-likeness (QED) is 0.746. The standard InChI is InChI=1S/C9H14N2O3/c1-7-8(5-9(12)13)11(6-10-7)3-4-14-2/h6H,3-5H2,1-2H3,(H,12,13). The molecule has 0 aromatic carbocycles. The number of imidazole rings is 1. The van der Waals surface area contributed by atoms with E-state index in [2.05, 4.69) is 4.98 Å². The molecule has 0 bridgehead atoms. The fourth-order valence-corrected chi connectivity index (χ4v) is 1.26. The number of hydrogen-bond donors (Lipinski definition) is 1. The summed E-state index contributed by atoms with van der Waals surface area (Å²) >= 11 is 0. The Kier molecular flexibility index (Phi) is 3.64. The molecule has 5 heteroatoms. The monoisotopic (exact) mass is 198 g/mol. The van der Waals surface area contributed by atoms with Crippen LogP contribution in [-0.4, -0.2) is 34.3 Å². The molecule has 1 heterocycles. The van der Waals surface area contributed by atoms with Gasteiger partial charge >= 0.3 is 5.97 Å². The lowest BCUT2D eigenvalue weighted by Gasteiger charge is -2.06. The van der Waals surface area contributed by atoms with E-state index in [1.165, 1.54) is 0 Å². The molecule has 0 aliphatic rings. The average molecular weight is 198 g/mol. The molecule has 0 amide bonds. The zero-order valence-electron chi connectivity index (χ0n) is 8.36. The predicted octanol–water partition coefficient (Wildman–Crippen LogP) is 0.465. The number of aryl methyl sites for hydroxylation is 1. The molecule has 0 spiro atoms. The number of aliphatic carboxylic acids is 1. The molecule has 1 N–H and O–H groups in total. The van der Waals surface area contributed by atoms with Crippen molar-refractivity contribution in [1.82, 2.24) is 9.55 Å². The van der Waals surface area contributed by atoms with Crippen LogP contribution in [0.1, 0.15) is 11.4 Å². The molecule has 14 heavy (non-hydrogen) atoms. The maximum Gasteiger partial charge on any atom is 0.309 e. The van der Waals surface area contributed by atoms with Crippen LogP contribution in [0.2, 0.25) is 0 Å². The molecule has 1 aromatic heterocycles. The first kappa shape index (κ1) is 10.7. The number of carboxylic acid groups (broad SMARTS) is 1. The van der Waals surface area contributed by atoms with Gasteiger partial charge in [-0.05, 0) is 6.92 Å². The SMILES string of the molecule is COCCn1cnc(C)c1CC(=O)O. The zero-order valence-corrected chi connectivity index (χ0v) is 8.36. The number of nitrogens with zero attached hydrogens (tertiary/aromatic N) is 2. The Morgan fingerprint density at radius 3 is 3.00 bits per heavy atom. The van der Waals surface area contributed by atoms with E-state index >= 15 is 0 Å². The number of ether oxygens (including phenoxy) is 1. The normalized spacial score (nSPS) is 10.4. The Bertz CT molecular complexity index is 320. The third kappa shape index (κ3) is 2.56. The van der Waals surface area contributed by atoms with E-state index in [4.69, 9.17) is 9.84 Å². The van der Waals surface area contributed by atoms with E-state index in [1.807, 2.05) is 11.5 Å². The summed E-state index contributed by atoms with van der Waals surface area (Å²) in [5.41, 5.74) is 1.51. The van der Waals surface area contributed by atoms with Gasteiger partial charge in [-0.2, -0.15) is 0 Å². The Labute approximate surface area is 82.3 Å². The van der Waals surface area contributed by atoms with Gasteiger partial charge in [0.2, 0.25) is 0 Å². The van der Waals surface area contributed by atoms with Crippen LogP contribution in [0.15, 0.2) is 6.33 Å². The first-order valence-electron chi connectivity index (χ1n) is 4.36. The van der Waals surface area contributed by atoms with Gasteiger partial charge in [0.05, 0.1) is 30.7 Å². The van der Waals surface area contributed by atoms with Crippen molar-refractivity contribution in [2.75, 3.05) is 13.7 Å². The van der Waals surface area contributed by atoms with Crippen LogP contribution in [0.4, 0.5) is 0 Å². The number of aromatic nitrogens is 2. The number of methoxy groups -OCH3 is 1. The minimum atomic E-state index is -0.840. The highest BCUT2D eigenvalue weighted by Gasteiger charge is 2.10. The number of rotatable bonds is 5. The Balaban J connectivity index is 2.77. The molecule has 0 aliphatic carbocycles. The van der Waals surface area contributed by atoms with E-state index in [0.29, 0.717) is 13.2 Å². The minimum Gasteiger partial charge on any atom is -0.481 e. The smallest absolute Gasteiger partial charge is 0.309 e. The second kappa shape index (κ2) is 4.76. The molecular formula is C9H14N2O3. The van der Waals surface area contributed by atoms with E-state index < -0.39 is 5.97 Å². The molecule has 1 rings (SSSR count). The molecule has 0 aliphatic heterocycles. The summed E-state index contributed by atoms with van der Waals surface area (Å²) in [6, 6.07) is 0. The van der Waals surface area contributed by atoms with Crippen molar-refractivity contribution >= 4 is 5.97 Å². The van der Waals surface area contributed by atoms with Gasteiger partial charge < -0.3 is 14.4 Å². The van der Waals surface area contributed by atoms with Gasteiger partial charge in [-0.15, -0.1) is 0 Å². The highest BCUT2D eigenvalue weighted by molar-refractivity contribution is 5.69. The lowest BCUT2D eigenvalue weighted by Crippen LogP contribution is -2.11. The highest BCUT2D eigenvalue weighted by Crippen LogP contribution is 2.07. The molecule has 1 aromatic rings. The summed E-state index contributed by atoms with van der Waals surface area (Å²) in [6.07, 6.45) is 1.65. The van der Waals surface area contributed by atoms with Gasteiger partial charge in [-0.3, -0.25) is 4.79 Å². The summed E-state index contributed by atoms with van der Waals surface area (Å²) < 4.78 is 6.73. The highest BCUT2D eigenvalue weighted by atomic mass is 16.5. The van der Waals surface area contributed by atoms with Crippen molar-refractivity contribution in [2.24, 2.45) is 0 Å².